The van der Waals surface area contributed by atoms with Crippen molar-refractivity contribution < 1.29 is 9.47 Å². The number of ether oxygens (including phenoxy) is 2. The van der Waals surface area contributed by atoms with Crippen molar-refractivity contribution in [3.8, 4) is 11.5 Å². The molecule has 0 spiro atoms. The summed E-state index contributed by atoms with van der Waals surface area (Å²) < 4.78 is 11.2. The molecule has 1 heterocycles. The standard InChI is InChI=1S/C21H26N4O2/c1-4-5-6-11-27-19-10-8-16(13-20(19)26-3)14-22-25-21-23-17-9-7-15(2)12-18(17)24-21/h7-10,12-14H,4-6,11H2,1-3H3,(H2,23,24,25)/b22-14-. The molecular weight excluding hydrogens is 340 g/mol. The van der Waals surface area contributed by atoms with E-state index in [4.69, 9.17) is 9.47 Å². The number of fused-ring (bicyclic) bond motifs is 1. The van der Waals surface area contributed by atoms with Crippen LogP contribution < -0.4 is 14.9 Å². The van der Waals surface area contributed by atoms with Gasteiger partial charge in [0, 0.05) is 0 Å². The van der Waals surface area contributed by atoms with Crippen LogP contribution in [0.25, 0.3) is 11.0 Å². The first-order valence-electron chi connectivity index (χ1n) is 9.26. The van der Waals surface area contributed by atoms with E-state index in [9.17, 15) is 0 Å². The van der Waals surface area contributed by atoms with Crippen molar-refractivity contribution in [1.29, 1.82) is 0 Å². The van der Waals surface area contributed by atoms with Crippen molar-refractivity contribution in [1.82, 2.24) is 9.97 Å². The van der Waals surface area contributed by atoms with E-state index >= 15 is 0 Å². The number of hydrazone groups is 1. The molecule has 0 aliphatic heterocycles. The third kappa shape index (κ3) is 5.00. The van der Waals surface area contributed by atoms with E-state index in [1.54, 1.807) is 13.3 Å². The molecule has 0 saturated carbocycles. The van der Waals surface area contributed by atoms with Gasteiger partial charge in [-0.2, -0.15) is 5.10 Å². The Balaban J connectivity index is 1.63. The number of rotatable bonds is 9. The monoisotopic (exact) mass is 366 g/mol. The van der Waals surface area contributed by atoms with Gasteiger partial charge in [0.25, 0.3) is 0 Å². The normalized spacial score (nSPS) is 11.2. The Hall–Kier alpha value is -3.02. The Bertz CT molecular complexity index is 918. The molecule has 0 bridgehead atoms. The van der Waals surface area contributed by atoms with E-state index < -0.39 is 0 Å². The zero-order valence-electron chi connectivity index (χ0n) is 16.1. The molecule has 6 nitrogen and oxygen atoms in total. The maximum absolute atomic E-state index is 5.80. The van der Waals surface area contributed by atoms with Crippen molar-refractivity contribution in [3.63, 3.8) is 0 Å². The molecule has 0 radical (unpaired) electrons. The molecule has 0 amide bonds. The predicted molar refractivity (Wildman–Crippen MR) is 110 cm³/mol. The second kappa shape index (κ2) is 9.07. The summed E-state index contributed by atoms with van der Waals surface area (Å²) in [5.74, 6) is 2.07. The highest BCUT2D eigenvalue weighted by Crippen LogP contribution is 2.27. The fourth-order valence-corrected chi connectivity index (χ4v) is 2.76. The van der Waals surface area contributed by atoms with Crippen molar-refractivity contribution in [2.45, 2.75) is 33.1 Å². The van der Waals surface area contributed by atoms with Crippen LogP contribution >= 0.6 is 0 Å². The van der Waals surface area contributed by atoms with Crippen LogP contribution in [0.1, 0.15) is 37.3 Å². The quantitative estimate of drug-likeness (QED) is 0.321. The third-order valence-corrected chi connectivity index (χ3v) is 4.21. The van der Waals surface area contributed by atoms with Crippen LogP contribution in [0.2, 0.25) is 0 Å². The zero-order valence-corrected chi connectivity index (χ0v) is 16.1. The Kier molecular flexibility index (Phi) is 6.30. The lowest BCUT2D eigenvalue weighted by Gasteiger charge is -2.11. The summed E-state index contributed by atoms with van der Waals surface area (Å²) in [6.07, 6.45) is 5.11. The molecule has 3 rings (SSSR count). The smallest absolute Gasteiger partial charge is 0.222 e. The molecule has 0 saturated heterocycles. The lowest BCUT2D eigenvalue weighted by Crippen LogP contribution is -2.00. The first kappa shape index (κ1) is 18.8. The molecule has 1 aromatic heterocycles. The van der Waals surface area contributed by atoms with Crippen LogP contribution in [0, 0.1) is 6.92 Å². The van der Waals surface area contributed by atoms with Crippen LogP contribution in [0.5, 0.6) is 11.5 Å². The SMILES string of the molecule is CCCCCOc1ccc(/C=N\Nc2nc3ccc(C)cc3[nH]2)cc1OC. The molecule has 0 fully saturated rings. The number of aryl methyl sites for hydroxylation is 1. The molecular formula is C21H26N4O2. The average Bonchev–Trinajstić information content (AvgIpc) is 3.07. The maximum atomic E-state index is 5.80. The van der Waals surface area contributed by atoms with Gasteiger partial charge in [0.05, 0.1) is 31.0 Å². The summed E-state index contributed by atoms with van der Waals surface area (Å²) in [6.45, 7) is 4.93. The van der Waals surface area contributed by atoms with E-state index in [2.05, 4.69) is 40.4 Å². The van der Waals surface area contributed by atoms with Gasteiger partial charge in [0.2, 0.25) is 5.95 Å². The maximum Gasteiger partial charge on any atom is 0.222 e. The number of hydrogen-bond donors (Lipinski definition) is 2. The topological polar surface area (TPSA) is 71.5 Å². The molecule has 142 valence electrons. The van der Waals surface area contributed by atoms with Crippen molar-refractivity contribution in [3.05, 3.63) is 47.5 Å². The number of H-pyrrole nitrogens is 1. The van der Waals surface area contributed by atoms with Gasteiger partial charge in [-0.15, -0.1) is 0 Å². The molecule has 0 atom stereocenters. The highest BCUT2D eigenvalue weighted by molar-refractivity contribution is 5.82. The molecule has 3 aromatic rings. The number of nitrogens with zero attached hydrogens (tertiary/aromatic N) is 2. The fourth-order valence-electron chi connectivity index (χ4n) is 2.76. The second-order valence-electron chi connectivity index (χ2n) is 6.44. The average molecular weight is 366 g/mol. The summed E-state index contributed by atoms with van der Waals surface area (Å²) in [5, 5.41) is 4.26. The Morgan fingerprint density at radius 2 is 2.04 bits per heavy atom. The number of methoxy groups -OCH3 is 1. The Labute approximate surface area is 159 Å². The van der Waals surface area contributed by atoms with E-state index in [-0.39, 0.29) is 0 Å². The Morgan fingerprint density at radius 3 is 2.85 bits per heavy atom. The number of aromatic nitrogens is 2. The largest absolute Gasteiger partial charge is 0.493 e. The number of benzene rings is 2. The van der Waals surface area contributed by atoms with Crippen LogP contribution in [-0.2, 0) is 0 Å². The zero-order chi connectivity index (χ0) is 19.1. The van der Waals surface area contributed by atoms with E-state index in [0.29, 0.717) is 18.3 Å². The van der Waals surface area contributed by atoms with E-state index in [1.807, 2.05) is 30.3 Å². The summed E-state index contributed by atoms with van der Waals surface area (Å²) in [5.41, 5.74) is 6.92. The molecule has 0 unspecified atom stereocenters. The predicted octanol–water partition coefficient (Wildman–Crippen LogP) is 4.89. The van der Waals surface area contributed by atoms with Gasteiger partial charge >= 0.3 is 0 Å². The van der Waals surface area contributed by atoms with Gasteiger partial charge in [-0.1, -0.05) is 25.8 Å². The van der Waals surface area contributed by atoms with Crippen LogP contribution in [0.4, 0.5) is 5.95 Å². The number of imidazole rings is 1. The van der Waals surface area contributed by atoms with Crippen LogP contribution in [0.15, 0.2) is 41.5 Å². The Morgan fingerprint density at radius 1 is 1.15 bits per heavy atom. The molecule has 27 heavy (non-hydrogen) atoms. The number of hydrogen-bond acceptors (Lipinski definition) is 5. The minimum atomic E-state index is 0.606. The lowest BCUT2D eigenvalue weighted by atomic mass is 10.2. The molecule has 0 aliphatic rings. The van der Waals surface area contributed by atoms with Gasteiger partial charge in [-0.25, -0.2) is 10.4 Å². The molecule has 2 aromatic carbocycles. The minimum Gasteiger partial charge on any atom is -0.493 e. The van der Waals surface area contributed by atoms with Crippen LogP contribution in [-0.4, -0.2) is 29.9 Å². The summed E-state index contributed by atoms with van der Waals surface area (Å²) in [4.78, 5) is 7.66. The van der Waals surface area contributed by atoms with Crippen LogP contribution in [0.3, 0.4) is 0 Å². The second-order valence-corrected chi connectivity index (χ2v) is 6.44. The highest BCUT2D eigenvalue weighted by atomic mass is 16.5. The third-order valence-electron chi connectivity index (χ3n) is 4.21. The molecule has 0 aliphatic carbocycles. The number of anilines is 1. The molecule has 2 N–H and O–H groups in total. The van der Waals surface area contributed by atoms with Crippen molar-refractivity contribution in [2.75, 3.05) is 19.1 Å². The fraction of sp³-hybridized carbons (Fsp3) is 0.333. The first-order chi connectivity index (χ1) is 13.2. The summed E-state index contributed by atoms with van der Waals surface area (Å²) in [6, 6.07) is 11.8. The number of unbranched alkanes of at least 4 members (excludes halogenated alkanes) is 2. The van der Waals surface area contributed by atoms with Gasteiger partial charge in [-0.3, -0.25) is 0 Å². The van der Waals surface area contributed by atoms with Gasteiger partial charge in [0.1, 0.15) is 0 Å². The van der Waals surface area contributed by atoms with Gasteiger partial charge in [0.15, 0.2) is 11.5 Å². The highest BCUT2D eigenvalue weighted by Gasteiger charge is 2.05. The van der Waals surface area contributed by atoms with E-state index in [0.717, 1.165) is 28.8 Å². The van der Waals surface area contributed by atoms with Gasteiger partial charge < -0.3 is 14.5 Å². The van der Waals surface area contributed by atoms with Crippen molar-refractivity contribution in [2.24, 2.45) is 5.10 Å². The van der Waals surface area contributed by atoms with E-state index in [1.165, 1.54) is 18.4 Å². The number of aromatic amines is 1. The summed E-state index contributed by atoms with van der Waals surface area (Å²) in [7, 11) is 1.64. The lowest BCUT2D eigenvalue weighted by molar-refractivity contribution is 0.286. The van der Waals surface area contributed by atoms with Gasteiger partial charge in [-0.05, 0) is 54.8 Å². The van der Waals surface area contributed by atoms with Crippen molar-refractivity contribution >= 4 is 23.2 Å². The summed E-state index contributed by atoms with van der Waals surface area (Å²) >= 11 is 0. The minimum absolute atomic E-state index is 0.606. The molecule has 6 heteroatoms. The first-order valence-corrected chi connectivity index (χ1v) is 9.26. The number of nitrogens with one attached hydrogen (secondary N) is 2.